The van der Waals surface area contributed by atoms with E-state index in [4.69, 9.17) is 0 Å². The molecule has 1 fully saturated rings. The van der Waals surface area contributed by atoms with Crippen LogP contribution >= 0.6 is 11.8 Å². The van der Waals surface area contributed by atoms with E-state index in [-0.39, 0.29) is 5.03 Å². The number of nitrogens with zero attached hydrogens (tertiary/aromatic N) is 2. The Labute approximate surface area is 99.7 Å². The number of aromatic amines is 1. The third kappa shape index (κ3) is 2.26. The van der Waals surface area contributed by atoms with Crippen molar-refractivity contribution < 1.29 is 8.42 Å². The Kier molecular flexibility index (Phi) is 3.56. The van der Waals surface area contributed by atoms with Gasteiger partial charge in [-0.25, -0.2) is 8.42 Å². The van der Waals surface area contributed by atoms with Crippen molar-refractivity contribution in [1.29, 1.82) is 0 Å². The van der Waals surface area contributed by atoms with Gasteiger partial charge in [-0.3, -0.25) is 5.10 Å². The van der Waals surface area contributed by atoms with Gasteiger partial charge in [0.25, 0.3) is 10.0 Å². The van der Waals surface area contributed by atoms with Crippen LogP contribution in [0.5, 0.6) is 0 Å². The molecule has 1 saturated heterocycles. The second kappa shape index (κ2) is 4.77. The Morgan fingerprint density at radius 3 is 3.12 bits per heavy atom. The Bertz CT molecular complexity index is 430. The summed E-state index contributed by atoms with van der Waals surface area (Å²) in [7, 11) is -3.36. The molecular formula is C9H15N3O2S2. The van der Waals surface area contributed by atoms with Crippen LogP contribution < -0.4 is 0 Å². The van der Waals surface area contributed by atoms with Crippen LogP contribution in [0.1, 0.15) is 13.3 Å². The second-order valence-electron chi connectivity index (χ2n) is 3.68. The highest BCUT2D eigenvalue weighted by molar-refractivity contribution is 8.00. The first-order valence-electron chi connectivity index (χ1n) is 5.25. The van der Waals surface area contributed by atoms with Crippen molar-refractivity contribution in [2.24, 2.45) is 0 Å². The highest BCUT2D eigenvalue weighted by atomic mass is 32.2. The van der Waals surface area contributed by atoms with E-state index in [9.17, 15) is 8.42 Å². The number of hydrogen-bond donors (Lipinski definition) is 1. The normalized spacial score (nSPS) is 23.4. The first-order valence-corrected chi connectivity index (χ1v) is 7.74. The summed E-state index contributed by atoms with van der Waals surface area (Å²) in [5.41, 5.74) is 0. The largest absolute Gasteiger partial charge is 0.266 e. The van der Waals surface area contributed by atoms with Gasteiger partial charge in [-0.1, -0.05) is 6.92 Å². The SMILES string of the molecule is CCC1CN(S(=O)(=O)c2ccn[nH]2)CCS1. The number of thioether (sulfide) groups is 1. The summed E-state index contributed by atoms with van der Waals surface area (Å²) >= 11 is 1.85. The smallest absolute Gasteiger partial charge is 0.260 e. The number of sulfonamides is 1. The third-order valence-electron chi connectivity index (χ3n) is 2.65. The molecule has 0 spiro atoms. The van der Waals surface area contributed by atoms with E-state index in [1.807, 2.05) is 11.8 Å². The molecule has 0 saturated carbocycles. The Morgan fingerprint density at radius 2 is 2.50 bits per heavy atom. The molecule has 0 amide bonds. The number of hydrogen-bond acceptors (Lipinski definition) is 4. The lowest BCUT2D eigenvalue weighted by Gasteiger charge is -2.30. The predicted octanol–water partition coefficient (Wildman–Crippen LogP) is 0.926. The van der Waals surface area contributed by atoms with E-state index in [2.05, 4.69) is 17.1 Å². The fourth-order valence-corrected chi connectivity index (χ4v) is 4.46. The zero-order valence-electron chi connectivity index (χ0n) is 9.09. The molecule has 1 aromatic rings. The average molecular weight is 261 g/mol. The first-order chi connectivity index (χ1) is 7.64. The Balaban J connectivity index is 2.18. The minimum absolute atomic E-state index is 0.189. The van der Waals surface area contributed by atoms with Crippen molar-refractivity contribution in [3.63, 3.8) is 0 Å². The van der Waals surface area contributed by atoms with Gasteiger partial charge in [0.1, 0.15) is 0 Å². The summed E-state index contributed by atoms with van der Waals surface area (Å²) in [5, 5.41) is 6.81. The summed E-state index contributed by atoms with van der Waals surface area (Å²) in [6.45, 7) is 3.27. The second-order valence-corrected chi connectivity index (χ2v) is 7.00. The van der Waals surface area contributed by atoms with Crippen LogP contribution in [0, 0.1) is 0 Å². The van der Waals surface area contributed by atoms with Crippen molar-refractivity contribution in [3.05, 3.63) is 12.3 Å². The molecule has 0 aliphatic carbocycles. The van der Waals surface area contributed by atoms with Crippen LogP contribution in [0.2, 0.25) is 0 Å². The summed E-state index contributed by atoms with van der Waals surface area (Å²) in [5.74, 6) is 0.867. The molecule has 2 rings (SSSR count). The number of aromatic nitrogens is 2. The third-order valence-corrected chi connectivity index (χ3v) is 5.82. The van der Waals surface area contributed by atoms with E-state index in [0.717, 1.165) is 12.2 Å². The Hall–Kier alpha value is -0.530. The van der Waals surface area contributed by atoms with Crippen LogP contribution in [0.3, 0.4) is 0 Å². The minimum atomic E-state index is -3.36. The summed E-state index contributed by atoms with van der Waals surface area (Å²) in [6.07, 6.45) is 2.46. The van der Waals surface area contributed by atoms with Crippen molar-refractivity contribution in [2.75, 3.05) is 18.8 Å². The maximum atomic E-state index is 12.2. The zero-order valence-corrected chi connectivity index (χ0v) is 10.7. The van der Waals surface area contributed by atoms with Crippen molar-refractivity contribution in [1.82, 2.24) is 14.5 Å². The Morgan fingerprint density at radius 1 is 1.69 bits per heavy atom. The van der Waals surface area contributed by atoms with Gasteiger partial charge in [-0.2, -0.15) is 21.2 Å². The number of nitrogens with one attached hydrogen (secondary N) is 1. The molecule has 1 aromatic heterocycles. The monoisotopic (exact) mass is 261 g/mol. The first kappa shape index (κ1) is 11.9. The van der Waals surface area contributed by atoms with E-state index in [1.165, 1.54) is 12.3 Å². The maximum Gasteiger partial charge on any atom is 0.260 e. The molecule has 7 heteroatoms. The molecule has 16 heavy (non-hydrogen) atoms. The molecule has 1 aliphatic heterocycles. The molecule has 2 heterocycles. The molecule has 1 N–H and O–H groups in total. The minimum Gasteiger partial charge on any atom is -0.266 e. The number of H-pyrrole nitrogens is 1. The predicted molar refractivity (Wildman–Crippen MR) is 63.9 cm³/mol. The van der Waals surface area contributed by atoms with E-state index < -0.39 is 10.0 Å². The summed E-state index contributed by atoms with van der Waals surface area (Å²) in [6, 6.07) is 1.50. The van der Waals surface area contributed by atoms with E-state index in [0.29, 0.717) is 18.3 Å². The molecular weight excluding hydrogens is 246 g/mol. The van der Waals surface area contributed by atoms with E-state index in [1.54, 1.807) is 4.31 Å². The maximum absolute atomic E-state index is 12.2. The topological polar surface area (TPSA) is 66.1 Å². The van der Waals surface area contributed by atoms with Gasteiger partial charge < -0.3 is 0 Å². The molecule has 0 bridgehead atoms. The lowest BCUT2D eigenvalue weighted by molar-refractivity contribution is 0.414. The van der Waals surface area contributed by atoms with Crippen LogP contribution in [0.4, 0.5) is 0 Å². The van der Waals surface area contributed by atoms with Gasteiger partial charge in [0, 0.05) is 24.1 Å². The van der Waals surface area contributed by atoms with Gasteiger partial charge in [-0.05, 0) is 12.5 Å². The average Bonchev–Trinajstić information content (AvgIpc) is 2.83. The molecule has 1 atom stereocenters. The lowest BCUT2D eigenvalue weighted by atomic mass is 10.3. The zero-order chi connectivity index (χ0) is 11.6. The van der Waals surface area contributed by atoms with Crippen molar-refractivity contribution >= 4 is 21.8 Å². The summed E-state index contributed by atoms with van der Waals surface area (Å²) < 4.78 is 25.9. The highest BCUT2D eigenvalue weighted by Gasteiger charge is 2.30. The molecule has 90 valence electrons. The van der Waals surface area contributed by atoms with Crippen LogP contribution in [0.25, 0.3) is 0 Å². The molecule has 0 aromatic carbocycles. The fourth-order valence-electron chi connectivity index (χ4n) is 1.68. The quantitative estimate of drug-likeness (QED) is 0.879. The van der Waals surface area contributed by atoms with Gasteiger partial charge in [0.2, 0.25) is 0 Å². The van der Waals surface area contributed by atoms with Gasteiger partial charge in [-0.15, -0.1) is 0 Å². The molecule has 1 aliphatic rings. The lowest BCUT2D eigenvalue weighted by Crippen LogP contribution is -2.41. The van der Waals surface area contributed by atoms with Gasteiger partial charge >= 0.3 is 0 Å². The van der Waals surface area contributed by atoms with Crippen LogP contribution in [0.15, 0.2) is 17.3 Å². The molecule has 0 radical (unpaired) electrons. The number of rotatable bonds is 3. The van der Waals surface area contributed by atoms with Crippen molar-refractivity contribution in [2.45, 2.75) is 23.6 Å². The van der Waals surface area contributed by atoms with E-state index >= 15 is 0 Å². The van der Waals surface area contributed by atoms with Gasteiger partial charge in [0.15, 0.2) is 5.03 Å². The van der Waals surface area contributed by atoms with Crippen LogP contribution in [-0.4, -0.2) is 47.0 Å². The highest BCUT2D eigenvalue weighted by Crippen LogP contribution is 2.25. The standard InChI is InChI=1S/C9H15N3O2S2/c1-2-8-7-12(5-6-15-8)16(13,14)9-3-4-10-11-9/h3-4,8H,2,5-7H2,1H3,(H,10,11). The van der Waals surface area contributed by atoms with Crippen LogP contribution in [-0.2, 0) is 10.0 Å². The van der Waals surface area contributed by atoms with Crippen molar-refractivity contribution in [3.8, 4) is 0 Å². The van der Waals surface area contributed by atoms with Gasteiger partial charge in [0.05, 0.1) is 6.20 Å². The summed E-state index contributed by atoms with van der Waals surface area (Å²) in [4.78, 5) is 0. The molecule has 5 nitrogen and oxygen atoms in total. The fraction of sp³-hybridized carbons (Fsp3) is 0.667. The molecule has 1 unspecified atom stereocenters.